The standard InChI is InChI=1S/C9H24AsN3.CH2O3/c1-2-3-9(13)8-10(4-6-11)5-7-12;2-1(3)4/h9H,2-8,11-13H2,1H3;(H2,2,3,4). The Balaban J connectivity index is 0. The molecule has 0 rings (SSSR count). The molecule has 0 amide bonds. The maximum absolute atomic E-state index is 8.56. The van der Waals surface area contributed by atoms with Crippen LogP contribution in [0.15, 0.2) is 0 Å². The van der Waals surface area contributed by atoms with E-state index in [-0.39, 0.29) is 0 Å². The van der Waals surface area contributed by atoms with Gasteiger partial charge in [-0.3, -0.25) is 0 Å². The average molecular weight is 311 g/mol. The molecule has 0 aromatic carbocycles. The van der Waals surface area contributed by atoms with Crippen LogP contribution in [0.1, 0.15) is 19.8 Å². The molecule has 0 fully saturated rings. The van der Waals surface area contributed by atoms with Crippen molar-refractivity contribution in [3.05, 3.63) is 0 Å². The summed E-state index contributed by atoms with van der Waals surface area (Å²) in [5.41, 5.74) is 17.1. The molecule has 0 aliphatic carbocycles. The van der Waals surface area contributed by atoms with Crippen LogP contribution in [0.3, 0.4) is 0 Å². The minimum atomic E-state index is -1.83. The number of carbonyl (C=O) groups is 1. The summed E-state index contributed by atoms with van der Waals surface area (Å²) in [7, 11) is 0. The maximum atomic E-state index is 8.56. The first-order chi connectivity index (χ1) is 7.97. The SMILES string of the molecule is CCCC(N)C[As](CCN)CCN.O=C(O)O. The van der Waals surface area contributed by atoms with Crippen LogP contribution >= 0.6 is 0 Å². The van der Waals surface area contributed by atoms with Crippen LogP contribution in [-0.2, 0) is 0 Å². The van der Waals surface area contributed by atoms with Gasteiger partial charge in [0.1, 0.15) is 0 Å². The van der Waals surface area contributed by atoms with E-state index in [4.69, 9.17) is 32.2 Å². The van der Waals surface area contributed by atoms with Gasteiger partial charge in [-0.25, -0.2) is 4.79 Å². The quantitative estimate of drug-likeness (QED) is 0.420. The van der Waals surface area contributed by atoms with Crippen LogP contribution < -0.4 is 17.2 Å². The fourth-order valence-electron chi connectivity index (χ4n) is 1.45. The molecule has 6 nitrogen and oxygen atoms in total. The molecular formula is C10H26AsN3O3. The number of rotatable bonds is 8. The van der Waals surface area contributed by atoms with Gasteiger partial charge in [0.25, 0.3) is 0 Å². The molecule has 0 saturated carbocycles. The second-order valence-electron chi connectivity index (χ2n) is 3.71. The summed E-state index contributed by atoms with van der Waals surface area (Å²) in [6.07, 6.45) is 0.509. The smallest absolute Gasteiger partial charge is 0.450 e. The Hall–Kier alpha value is -0.292. The molecule has 0 heterocycles. The zero-order chi connectivity index (χ0) is 13.7. The van der Waals surface area contributed by atoms with Crippen molar-refractivity contribution in [2.45, 2.75) is 41.4 Å². The molecule has 104 valence electrons. The van der Waals surface area contributed by atoms with Gasteiger partial charge in [0, 0.05) is 0 Å². The van der Waals surface area contributed by atoms with Crippen molar-refractivity contribution >= 4 is 20.8 Å². The van der Waals surface area contributed by atoms with Gasteiger partial charge in [0.15, 0.2) is 0 Å². The third-order valence-electron chi connectivity index (χ3n) is 2.04. The molecule has 1 unspecified atom stereocenters. The van der Waals surface area contributed by atoms with Crippen LogP contribution in [0.5, 0.6) is 0 Å². The maximum Gasteiger partial charge on any atom is 0.503 e. The first-order valence-electron chi connectivity index (χ1n) is 5.77. The molecule has 0 spiro atoms. The van der Waals surface area contributed by atoms with E-state index in [1.165, 1.54) is 22.0 Å². The number of hydrogen-bond donors (Lipinski definition) is 5. The Kier molecular flexibility index (Phi) is 15.4. The minimum Gasteiger partial charge on any atom is -0.450 e. The largest absolute Gasteiger partial charge is 0.503 e. The van der Waals surface area contributed by atoms with Crippen LogP contribution in [0.25, 0.3) is 0 Å². The van der Waals surface area contributed by atoms with E-state index in [0.717, 1.165) is 19.5 Å². The molecule has 0 bridgehead atoms. The summed E-state index contributed by atoms with van der Waals surface area (Å²) in [5, 5.41) is 17.6. The second-order valence-corrected chi connectivity index (χ2v) is 9.17. The monoisotopic (exact) mass is 311 g/mol. The van der Waals surface area contributed by atoms with E-state index in [0.29, 0.717) is 6.04 Å². The summed E-state index contributed by atoms with van der Waals surface area (Å²) in [4.78, 5) is 8.56. The van der Waals surface area contributed by atoms with Crippen LogP contribution in [0, 0.1) is 0 Å². The van der Waals surface area contributed by atoms with Crippen molar-refractivity contribution in [3.8, 4) is 0 Å². The predicted molar refractivity (Wildman–Crippen MR) is 71.8 cm³/mol. The zero-order valence-electron chi connectivity index (χ0n) is 10.5. The molecule has 8 N–H and O–H groups in total. The summed E-state index contributed by atoms with van der Waals surface area (Å²) >= 11 is -0.765. The first kappa shape index (κ1) is 19.1. The molecule has 0 aromatic heterocycles. The molecule has 0 radical (unpaired) electrons. The molecule has 0 aliphatic heterocycles. The number of nitrogens with two attached hydrogens (primary N) is 3. The van der Waals surface area contributed by atoms with Gasteiger partial charge in [-0.05, 0) is 0 Å². The summed E-state index contributed by atoms with van der Waals surface area (Å²) in [6.45, 7) is 3.82. The fraction of sp³-hybridized carbons (Fsp3) is 0.900. The van der Waals surface area contributed by atoms with Gasteiger partial charge < -0.3 is 10.2 Å². The molecule has 0 aromatic rings. The van der Waals surface area contributed by atoms with E-state index in [1.54, 1.807) is 0 Å². The second kappa shape index (κ2) is 13.8. The van der Waals surface area contributed by atoms with Crippen molar-refractivity contribution in [3.63, 3.8) is 0 Å². The van der Waals surface area contributed by atoms with Gasteiger partial charge in [0.2, 0.25) is 0 Å². The van der Waals surface area contributed by atoms with Gasteiger partial charge in [-0.2, -0.15) is 0 Å². The van der Waals surface area contributed by atoms with E-state index >= 15 is 0 Å². The Bertz CT molecular complexity index is 174. The Labute approximate surface area is 108 Å². The topological polar surface area (TPSA) is 136 Å². The van der Waals surface area contributed by atoms with E-state index in [2.05, 4.69) is 6.92 Å². The van der Waals surface area contributed by atoms with Crippen LogP contribution in [-0.4, -0.2) is 50.2 Å². The first-order valence-corrected chi connectivity index (χ1v) is 9.75. The molecule has 17 heavy (non-hydrogen) atoms. The van der Waals surface area contributed by atoms with Gasteiger partial charge >= 0.3 is 92.5 Å². The summed E-state index contributed by atoms with van der Waals surface area (Å²) in [6, 6.07) is 0.406. The van der Waals surface area contributed by atoms with Crippen molar-refractivity contribution in [2.75, 3.05) is 13.1 Å². The molecule has 0 aliphatic rings. The van der Waals surface area contributed by atoms with E-state index in [9.17, 15) is 0 Å². The average Bonchev–Trinajstić information content (AvgIpc) is 2.17. The number of carboxylic acid groups (broad SMARTS) is 2. The normalized spacial score (nSPS) is 11.8. The minimum absolute atomic E-state index is 0.406. The third kappa shape index (κ3) is 18.3. The molecular weight excluding hydrogens is 285 g/mol. The summed E-state index contributed by atoms with van der Waals surface area (Å²) in [5.74, 6) is 0. The third-order valence-corrected chi connectivity index (χ3v) is 7.85. The molecule has 0 saturated heterocycles. The molecule has 1 atom stereocenters. The fourth-order valence-corrected chi connectivity index (χ4v) is 6.00. The Morgan fingerprint density at radius 2 is 1.65 bits per heavy atom. The van der Waals surface area contributed by atoms with Crippen molar-refractivity contribution in [1.29, 1.82) is 0 Å². The summed E-state index contributed by atoms with van der Waals surface area (Å²) < 4.78 is 0. The van der Waals surface area contributed by atoms with E-state index < -0.39 is 20.8 Å². The van der Waals surface area contributed by atoms with Crippen LogP contribution in [0.4, 0.5) is 4.79 Å². The van der Waals surface area contributed by atoms with E-state index in [1.807, 2.05) is 0 Å². The van der Waals surface area contributed by atoms with Crippen molar-refractivity contribution in [1.82, 2.24) is 0 Å². The zero-order valence-corrected chi connectivity index (χ0v) is 12.4. The number of hydrogen-bond acceptors (Lipinski definition) is 4. The van der Waals surface area contributed by atoms with Gasteiger partial charge in [0.05, 0.1) is 0 Å². The van der Waals surface area contributed by atoms with Gasteiger partial charge in [-0.1, -0.05) is 0 Å². The predicted octanol–water partition coefficient (Wildman–Crippen LogP) is 0.748. The van der Waals surface area contributed by atoms with Gasteiger partial charge in [-0.15, -0.1) is 0 Å². The van der Waals surface area contributed by atoms with Crippen molar-refractivity contribution < 1.29 is 15.0 Å². The Morgan fingerprint density at radius 3 is 1.94 bits per heavy atom. The van der Waals surface area contributed by atoms with Crippen LogP contribution in [0.2, 0.25) is 15.6 Å². The Morgan fingerprint density at radius 1 is 1.24 bits per heavy atom. The van der Waals surface area contributed by atoms with Crippen molar-refractivity contribution in [2.24, 2.45) is 17.2 Å². The molecule has 7 heteroatoms.